The van der Waals surface area contributed by atoms with Gasteiger partial charge in [0, 0.05) is 22.9 Å². The first-order chi connectivity index (χ1) is 21.1. The van der Waals surface area contributed by atoms with E-state index in [2.05, 4.69) is 0 Å². The molecule has 3 aromatic rings. The number of rotatable bonds is 8. The van der Waals surface area contributed by atoms with Crippen LogP contribution in [0.4, 0.5) is 13.6 Å². The molecular weight excluding hydrogens is 592 g/mol. The molecule has 0 radical (unpaired) electrons. The smallest absolute Gasteiger partial charge is 0.407 e. The van der Waals surface area contributed by atoms with Gasteiger partial charge in [-0.05, 0) is 63.4 Å². The Kier molecular flexibility index (Phi) is 8.09. The number of phenols is 1. The molecule has 13 heteroatoms. The number of ether oxygens (including phenoxy) is 3. The lowest BCUT2D eigenvalue weighted by atomic mass is 9.85. The number of esters is 2. The van der Waals surface area contributed by atoms with Gasteiger partial charge in [0.2, 0.25) is 5.60 Å². The Morgan fingerprint density at radius 1 is 1.16 bits per heavy atom. The van der Waals surface area contributed by atoms with Gasteiger partial charge in [0.1, 0.15) is 18.0 Å². The van der Waals surface area contributed by atoms with Crippen LogP contribution in [0.3, 0.4) is 0 Å². The third kappa shape index (κ3) is 5.95. The predicted octanol–water partition coefficient (Wildman–Crippen LogP) is 4.84. The van der Waals surface area contributed by atoms with Crippen molar-refractivity contribution in [3.63, 3.8) is 0 Å². The van der Waals surface area contributed by atoms with Crippen molar-refractivity contribution >= 4 is 28.9 Å². The lowest BCUT2D eigenvalue weighted by Gasteiger charge is -2.35. The molecule has 2 N–H and O–H groups in total. The molecule has 2 aliphatic heterocycles. The maximum atomic E-state index is 14.6. The molecule has 1 aromatic carbocycles. The number of benzene rings is 1. The fourth-order valence-electron chi connectivity index (χ4n) is 5.85. The summed E-state index contributed by atoms with van der Waals surface area (Å²) in [5.41, 5.74) is 0.141. The normalized spacial score (nSPS) is 17.3. The number of hydrogen-bond acceptors (Lipinski definition) is 9. The molecular formula is C32H35F2N3O8. The molecule has 0 fully saturated rings. The van der Waals surface area contributed by atoms with Crippen LogP contribution in [0, 0.1) is 0 Å². The van der Waals surface area contributed by atoms with Gasteiger partial charge in [-0.3, -0.25) is 9.59 Å². The van der Waals surface area contributed by atoms with Crippen LogP contribution in [0.1, 0.15) is 76.1 Å². The Labute approximate surface area is 257 Å². The topological polar surface area (TPSA) is 146 Å². The minimum absolute atomic E-state index is 0.0874. The average molecular weight is 628 g/mol. The Morgan fingerprint density at radius 3 is 2.56 bits per heavy atom. The third-order valence-electron chi connectivity index (χ3n) is 7.98. The van der Waals surface area contributed by atoms with E-state index in [9.17, 15) is 33.1 Å². The third-order valence-corrected chi connectivity index (χ3v) is 7.98. The number of aromatic nitrogens is 2. The van der Waals surface area contributed by atoms with E-state index >= 15 is 0 Å². The molecule has 1 amide bonds. The van der Waals surface area contributed by atoms with Gasteiger partial charge in [0.15, 0.2) is 0 Å². The number of carbonyl (C=O) groups is 3. The van der Waals surface area contributed by atoms with Crippen molar-refractivity contribution < 1.29 is 42.5 Å². The summed E-state index contributed by atoms with van der Waals surface area (Å²) in [4.78, 5) is 56.6. The molecule has 0 spiro atoms. The van der Waals surface area contributed by atoms with Gasteiger partial charge in [-0.2, -0.15) is 0 Å². The van der Waals surface area contributed by atoms with Crippen LogP contribution in [0.2, 0.25) is 0 Å². The summed E-state index contributed by atoms with van der Waals surface area (Å²) in [6, 6.07) is 6.42. The zero-order valence-electron chi connectivity index (χ0n) is 25.7. The average Bonchev–Trinajstić information content (AvgIpc) is 3.33. The second-order valence-electron chi connectivity index (χ2n) is 12.2. The highest BCUT2D eigenvalue weighted by Crippen LogP contribution is 2.42. The second-order valence-corrected chi connectivity index (χ2v) is 12.2. The van der Waals surface area contributed by atoms with Crippen LogP contribution in [0.5, 0.6) is 5.75 Å². The number of cyclic esters (lactones) is 1. The fraction of sp³-hybridized carbons (Fsp3) is 0.469. The summed E-state index contributed by atoms with van der Waals surface area (Å²) in [6.45, 7) is 7.09. The molecule has 0 unspecified atom stereocenters. The van der Waals surface area contributed by atoms with Gasteiger partial charge < -0.3 is 29.2 Å². The summed E-state index contributed by atoms with van der Waals surface area (Å²) >= 11 is 0. The van der Waals surface area contributed by atoms with Crippen molar-refractivity contribution in [2.75, 3.05) is 6.54 Å². The van der Waals surface area contributed by atoms with Gasteiger partial charge in [-0.15, -0.1) is 0 Å². The summed E-state index contributed by atoms with van der Waals surface area (Å²) < 4.78 is 46.5. The number of nitrogens with one attached hydrogen (secondary N) is 1. The molecule has 240 valence electrons. The molecule has 2 aromatic heterocycles. The lowest BCUT2D eigenvalue weighted by Crippen LogP contribution is -2.47. The van der Waals surface area contributed by atoms with Crippen molar-refractivity contribution in [1.29, 1.82) is 0 Å². The number of hydrogen-bond donors (Lipinski definition) is 2. The van der Waals surface area contributed by atoms with E-state index in [1.165, 1.54) is 10.6 Å². The quantitative estimate of drug-likeness (QED) is 0.207. The van der Waals surface area contributed by atoms with Crippen molar-refractivity contribution in [2.45, 2.75) is 90.6 Å². The fourth-order valence-corrected chi connectivity index (χ4v) is 5.85. The van der Waals surface area contributed by atoms with Crippen molar-refractivity contribution in [3.05, 3.63) is 56.9 Å². The van der Waals surface area contributed by atoms with Crippen LogP contribution >= 0.6 is 0 Å². The Bertz CT molecular complexity index is 1780. The number of aryl methyl sites for hydroxylation is 1. The lowest BCUT2D eigenvalue weighted by molar-refractivity contribution is -0.190. The number of carbonyl (C=O) groups excluding carboxylic acids is 3. The SMILES string of the molecule is CCc1c2c(nc3ccc(O)cc13)-c1cc3c(c(=O)n1C2)COC(=O)[C@@]3(CC)OC(=O)CCC(F)(F)CNC(=O)OC(C)(C)C. The minimum Gasteiger partial charge on any atom is -0.508 e. The number of amides is 1. The van der Waals surface area contributed by atoms with Gasteiger partial charge in [0.05, 0.1) is 42.0 Å². The molecule has 4 heterocycles. The van der Waals surface area contributed by atoms with E-state index in [0.717, 1.165) is 16.5 Å². The Hall–Kier alpha value is -4.55. The van der Waals surface area contributed by atoms with Crippen molar-refractivity contribution in [3.8, 4) is 17.1 Å². The van der Waals surface area contributed by atoms with Crippen LogP contribution < -0.4 is 10.9 Å². The van der Waals surface area contributed by atoms with Gasteiger partial charge >= 0.3 is 18.0 Å². The van der Waals surface area contributed by atoms with Crippen LogP contribution in [0.15, 0.2) is 29.1 Å². The molecule has 0 saturated heterocycles. The highest BCUT2D eigenvalue weighted by Gasteiger charge is 2.50. The van der Waals surface area contributed by atoms with E-state index in [-0.39, 0.29) is 36.4 Å². The maximum Gasteiger partial charge on any atom is 0.407 e. The van der Waals surface area contributed by atoms with E-state index in [1.54, 1.807) is 45.9 Å². The van der Waals surface area contributed by atoms with E-state index in [4.69, 9.17) is 19.2 Å². The molecule has 2 aliphatic rings. The van der Waals surface area contributed by atoms with E-state index in [1.807, 2.05) is 12.2 Å². The van der Waals surface area contributed by atoms with Crippen LogP contribution in [0.25, 0.3) is 22.3 Å². The number of halogens is 2. The molecule has 0 aliphatic carbocycles. The summed E-state index contributed by atoms with van der Waals surface area (Å²) in [6.07, 6.45) is -2.30. The van der Waals surface area contributed by atoms with Crippen molar-refractivity contribution in [2.24, 2.45) is 0 Å². The monoisotopic (exact) mass is 627 g/mol. The summed E-state index contributed by atoms with van der Waals surface area (Å²) in [5, 5.41) is 12.8. The number of aromatic hydroxyl groups is 1. The molecule has 1 atom stereocenters. The highest BCUT2D eigenvalue weighted by molar-refractivity contribution is 5.90. The Balaban J connectivity index is 1.44. The van der Waals surface area contributed by atoms with E-state index in [0.29, 0.717) is 23.3 Å². The van der Waals surface area contributed by atoms with Crippen molar-refractivity contribution in [1.82, 2.24) is 14.9 Å². The molecule has 0 saturated carbocycles. The standard InChI is InChI=1S/C32H35F2N3O8/c1-6-18-19-12-17(38)8-9-23(19)36-26-20(18)14-37-24(26)13-22-21(27(37)40)15-43-28(41)32(22,7-2)44-25(39)10-11-31(33,34)16-35-29(42)45-30(3,4)5/h8-9,12-13,38H,6-7,10-11,14-16H2,1-5H3,(H,35,42)/t32-/m0/s1. The molecule has 5 rings (SSSR count). The number of alkyl carbamates (subject to hydrolysis) is 1. The summed E-state index contributed by atoms with van der Waals surface area (Å²) in [7, 11) is 0. The maximum absolute atomic E-state index is 14.6. The van der Waals surface area contributed by atoms with Gasteiger partial charge in [-0.1, -0.05) is 13.8 Å². The number of nitrogens with zero attached hydrogens (tertiary/aromatic N) is 2. The Morgan fingerprint density at radius 2 is 1.89 bits per heavy atom. The largest absolute Gasteiger partial charge is 0.508 e. The number of fused-ring (bicyclic) bond motifs is 5. The first kappa shape index (κ1) is 31.9. The minimum atomic E-state index is -3.48. The van der Waals surface area contributed by atoms with Crippen LogP contribution in [-0.4, -0.2) is 50.8 Å². The van der Waals surface area contributed by atoms with Crippen LogP contribution in [-0.2, 0) is 49.0 Å². The molecule has 11 nitrogen and oxygen atoms in total. The first-order valence-corrected chi connectivity index (χ1v) is 14.7. The zero-order chi connectivity index (χ0) is 32.9. The molecule has 45 heavy (non-hydrogen) atoms. The zero-order valence-corrected chi connectivity index (χ0v) is 25.7. The predicted molar refractivity (Wildman–Crippen MR) is 158 cm³/mol. The van der Waals surface area contributed by atoms with Gasteiger partial charge in [0.25, 0.3) is 11.5 Å². The first-order valence-electron chi connectivity index (χ1n) is 14.7. The summed E-state index contributed by atoms with van der Waals surface area (Å²) in [5.74, 6) is -5.41. The number of alkyl halides is 2. The molecule has 0 bridgehead atoms. The van der Waals surface area contributed by atoms with E-state index < -0.39 is 60.1 Å². The van der Waals surface area contributed by atoms with Gasteiger partial charge in [-0.25, -0.2) is 23.4 Å². The second kappa shape index (κ2) is 11.4. The highest BCUT2D eigenvalue weighted by atomic mass is 19.3. The number of phenolic OH excluding ortho intramolecular Hbond substituents is 1. The number of pyridine rings is 2.